The van der Waals surface area contributed by atoms with Gasteiger partial charge in [0.2, 0.25) is 0 Å². The van der Waals surface area contributed by atoms with Crippen molar-refractivity contribution in [1.82, 2.24) is 0 Å². The number of benzene rings is 3. The SMILES string of the molecule is CC1=CC[C-]=C1[Si](c1cc(C(C)(C)C)cc(C(C)(C)C)c1)(c1cc(C(C)(C)C)cc(C(C)(C)C)c1)c1cc(C(C)(C)C)cc(C(C)(C)C)c1.Cl.Cl.Cl.[Ti]. The molecule has 0 saturated heterocycles. The molecule has 0 spiro atoms. The minimum Gasteiger partial charge on any atom is -0.272 e. The van der Waals surface area contributed by atoms with Crippen LogP contribution in [-0.4, -0.2) is 8.07 Å². The Balaban J connectivity index is 0.00000676. The van der Waals surface area contributed by atoms with Crippen LogP contribution in [0.3, 0.4) is 0 Å². The zero-order valence-corrected chi connectivity index (χ0v) is 41.7. The number of hydrogen-bond donors (Lipinski definition) is 0. The monoisotopic (exact) mass is 829 g/mol. The van der Waals surface area contributed by atoms with Gasteiger partial charge in [-0.05, 0) is 81.4 Å². The van der Waals surface area contributed by atoms with E-state index in [9.17, 15) is 0 Å². The number of hydrogen-bond acceptors (Lipinski definition) is 0. The summed E-state index contributed by atoms with van der Waals surface area (Å²) >= 11 is 0. The Hall–Kier alpha value is -1.06. The van der Waals surface area contributed by atoms with Crippen molar-refractivity contribution in [2.45, 2.75) is 170 Å². The van der Waals surface area contributed by atoms with Crippen LogP contribution >= 0.6 is 37.2 Å². The number of halogens is 3. The molecule has 0 aromatic heterocycles. The van der Waals surface area contributed by atoms with Crippen LogP contribution in [0.15, 0.2) is 71.4 Å². The van der Waals surface area contributed by atoms with Crippen molar-refractivity contribution in [2.75, 3.05) is 0 Å². The van der Waals surface area contributed by atoms with Gasteiger partial charge < -0.3 is 0 Å². The molecule has 0 bridgehead atoms. The Morgan fingerprint density at radius 3 is 0.755 bits per heavy atom. The van der Waals surface area contributed by atoms with E-state index >= 15 is 0 Å². The fraction of sp³-hybridized carbons (Fsp3) is 0.542. The van der Waals surface area contributed by atoms with E-state index in [0.29, 0.717) is 0 Å². The Kier molecular flexibility index (Phi) is 16.9. The van der Waals surface area contributed by atoms with Crippen molar-refractivity contribution in [3.05, 3.63) is 111 Å². The van der Waals surface area contributed by atoms with Gasteiger partial charge >= 0.3 is 0 Å². The number of rotatable bonds is 4. The fourth-order valence-electron chi connectivity index (χ4n) is 7.04. The molecular formula is C48H72Cl3SiTi-. The Labute approximate surface area is 361 Å². The van der Waals surface area contributed by atoms with E-state index in [1.165, 1.54) is 59.7 Å². The minimum absolute atomic E-state index is 0. The molecule has 0 aliphatic heterocycles. The van der Waals surface area contributed by atoms with Crippen molar-refractivity contribution in [3.63, 3.8) is 0 Å². The molecule has 0 amide bonds. The summed E-state index contributed by atoms with van der Waals surface area (Å²) in [6, 6.07) is 23.2. The average Bonchev–Trinajstić information content (AvgIpc) is 3.36. The largest absolute Gasteiger partial charge is 0.272 e. The third-order valence-corrected chi connectivity index (χ3v) is 15.5. The van der Waals surface area contributed by atoms with Crippen LogP contribution < -0.4 is 15.6 Å². The van der Waals surface area contributed by atoms with Gasteiger partial charge in [0.25, 0.3) is 0 Å². The molecule has 294 valence electrons. The van der Waals surface area contributed by atoms with E-state index in [1.807, 2.05) is 0 Å². The van der Waals surface area contributed by atoms with Gasteiger partial charge in [-0.3, -0.25) is 6.08 Å². The smallest absolute Gasteiger partial charge is 0.144 e. The van der Waals surface area contributed by atoms with Crippen molar-refractivity contribution in [1.29, 1.82) is 0 Å². The van der Waals surface area contributed by atoms with Crippen LogP contribution in [-0.2, 0) is 54.2 Å². The second kappa shape index (κ2) is 17.2. The molecule has 5 heteroatoms. The summed E-state index contributed by atoms with van der Waals surface area (Å²) in [6.45, 7) is 45.2. The van der Waals surface area contributed by atoms with Crippen LogP contribution in [0.1, 0.15) is 171 Å². The van der Waals surface area contributed by atoms with Crippen molar-refractivity contribution < 1.29 is 21.7 Å². The maximum atomic E-state index is 4.08. The summed E-state index contributed by atoms with van der Waals surface area (Å²) in [7, 11) is -2.98. The minimum atomic E-state index is -2.98. The molecule has 0 fully saturated rings. The Morgan fingerprint density at radius 1 is 0.396 bits per heavy atom. The van der Waals surface area contributed by atoms with Gasteiger partial charge in [0, 0.05) is 21.7 Å². The summed E-state index contributed by atoms with van der Waals surface area (Å²) in [5, 5.41) is 5.90. The van der Waals surface area contributed by atoms with E-state index in [0.717, 1.165) is 6.42 Å². The molecule has 0 nitrogen and oxygen atoms in total. The van der Waals surface area contributed by atoms with E-state index < -0.39 is 8.07 Å². The summed E-state index contributed by atoms with van der Waals surface area (Å²) in [5.41, 5.74) is 9.89. The van der Waals surface area contributed by atoms with Crippen molar-refractivity contribution >= 4 is 60.9 Å². The molecule has 3 aromatic carbocycles. The van der Waals surface area contributed by atoms with E-state index in [1.54, 1.807) is 0 Å². The molecule has 0 unspecified atom stereocenters. The molecule has 0 atom stereocenters. The van der Waals surface area contributed by atoms with E-state index in [-0.39, 0.29) is 91.4 Å². The third-order valence-electron chi connectivity index (χ3n) is 10.8. The first-order chi connectivity index (χ1) is 22.0. The maximum Gasteiger partial charge on any atom is 0.144 e. The molecule has 3 aromatic rings. The topological polar surface area (TPSA) is 0 Å². The first-order valence-corrected chi connectivity index (χ1v) is 20.7. The van der Waals surface area contributed by atoms with Crippen LogP contribution in [0.5, 0.6) is 0 Å². The molecule has 0 N–H and O–H groups in total. The van der Waals surface area contributed by atoms with Gasteiger partial charge in [-0.15, -0.1) is 50.6 Å². The van der Waals surface area contributed by atoms with Crippen LogP contribution in [0.4, 0.5) is 0 Å². The quantitative estimate of drug-likeness (QED) is 0.140. The molecular weight excluding hydrogens is 759 g/mol. The predicted octanol–water partition coefficient (Wildman–Crippen LogP) is 12.8. The molecule has 1 aliphatic carbocycles. The predicted molar refractivity (Wildman–Crippen MR) is 243 cm³/mol. The molecule has 53 heavy (non-hydrogen) atoms. The summed E-state index contributed by atoms with van der Waals surface area (Å²) in [5.74, 6) is 0. The van der Waals surface area contributed by atoms with Crippen LogP contribution in [0, 0.1) is 6.08 Å². The van der Waals surface area contributed by atoms with Crippen molar-refractivity contribution in [3.8, 4) is 0 Å². The zero-order valence-electron chi connectivity index (χ0n) is 36.7. The standard InChI is InChI=1S/C48H69Si.3ClH.Ti/c1-32-21-20-22-42(32)49(39-26-33(43(2,3)4)23-34(27-39)44(5,6)7,40-28-35(45(8,9)10)24-36(29-40)46(11,12)13)41-30-37(47(14,15)16)25-38(31-41)48(17,18)19;;;;/h21,23-31H,20H2,1-19H3;3*1H;/q-1;;;;. The average molecular weight is 831 g/mol. The first-order valence-electron chi connectivity index (χ1n) is 18.7. The molecule has 0 radical (unpaired) electrons. The van der Waals surface area contributed by atoms with Crippen molar-refractivity contribution in [2.24, 2.45) is 0 Å². The Morgan fingerprint density at radius 2 is 0.604 bits per heavy atom. The van der Waals surface area contributed by atoms with Crippen LogP contribution in [0.25, 0.3) is 0 Å². The van der Waals surface area contributed by atoms with Gasteiger partial charge in [0.15, 0.2) is 0 Å². The fourth-order valence-corrected chi connectivity index (χ4v) is 12.2. The summed E-state index contributed by atoms with van der Waals surface area (Å²) in [4.78, 5) is 0. The van der Waals surface area contributed by atoms with Gasteiger partial charge in [0.1, 0.15) is 8.07 Å². The van der Waals surface area contributed by atoms with Gasteiger partial charge in [-0.2, -0.15) is 6.08 Å². The Bertz CT molecular complexity index is 1510. The van der Waals surface area contributed by atoms with Crippen LogP contribution in [0.2, 0.25) is 0 Å². The summed E-state index contributed by atoms with van der Waals surface area (Å²) < 4.78 is 0. The van der Waals surface area contributed by atoms with Gasteiger partial charge in [0.05, 0.1) is 0 Å². The normalized spacial score (nSPS) is 14.2. The van der Waals surface area contributed by atoms with Gasteiger partial charge in [-0.1, -0.05) is 179 Å². The second-order valence-electron chi connectivity index (χ2n) is 21.3. The van der Waals surface area contributed by atoms with E-state index in [2.05, 4.69) is 198 Å². The molecule has 0 saturated carbocycles. The first kappa shape index (κ1) is 51.9. The molecule has 1 aliphatic rings. The van der Waals surface area contributed by atoms with Gasteiger partial charge in [-0.25, -0.2) is 10.8 Å². The molecule has 4 rings (SSSR count). The maximum absolute atomic E-state index is 4.08. The zero-order chi connectivity index (χ0) is 37.3. The van der Waals surface area contributed by atoms with E-state index in [4.69, 9.17) is 0 Å². The number of allylic oxidation sites excluding steroid dienone is 4. The third kappa shape index (κ3) is 11.1. The second-order valence-corrected chi connectivity index (χ2v) is 25.0. The summed E-state index contributed by atoms with van der Waals surface area (Å²) in [6.07, 6.45) is 7.37. The molecule has 0 heterocycles.